The molecule has 0 saturated carbocycles. The fraction of sp³-hybridized carbons (Fsp3) is 0.143. The highest BCUT2D eigenvalue weighted by atomic mass is 32.1. The van der Waals surface area contributed by atoms with Crippen LogP contribution in [0, 0.1) is 6.92 Å². The Labute approximate surface area is 66.6 Å². The lowest BCUT2D eigenvalue weighted by Crippen LogP contribution is -1.97. The van der Waals surface area contributed by atoms with Crippen molar-refractivity contribution in [3.63, 3.8) is 0 Å². The van der Waals surface area contributed by atoms with Gasteiger partial charge in [-0.05, 0) is 13.0 Å². The molecule has 0 spiro atoms. The van der Waals surface area contributed by atoms with Crippen molar-refractivity contribution in [2.45, 2.75) is 6.92 Å². The molecular weight excluding hydrogens is 164 g/mol. The van der Waals surface area contributed by atoms with Crippen LogP contribution < -0.4 is 0 Å². The third-order valence-corrected chi connectivity index (χ3v) is 2.48. The van der Waals surface area contributed by atoms with Crippen LogP contribution in [0.25, 0.3) is 0 Å². The quantitative estimate of drug-likeness (QED) is 0.434. The highest BCUT2D eigenvalue weighted by molar-refractivity contribution is 7.14. The van der Waals surface area contributed by atoms with Gasteiger partial charge in [0.15, 0.2) is 0 Å². The average molecular weight is 168 g/mol. The maximum Gasteiger partial charge on any atom is 0.357 e. The number of esters is 2. The van der Waals surface area contributed by atoms with E-state index in [0.29, 0.717) is 10.4 Å². The van der Waals surface area contributed by atoms with Crippen molar-refractivity contribution < 1.29 is 14.3 Å². The van der Waals surface area contributed by atoms with E-state index in [-0.39, 0.29) is 0 Å². The first-order valence-corrected chi connectivity index (χ1v) is 3.87. The van der Waals surface area contributed by atoms with E-state index in [1.807, 2.05) is 6.92 Å². The van der Waals surface area contributed by atoms with Gasteiger partial charge in [0.2, 0.25) is 0 Å². The van der Waals surface area contributed by atoms with E-state index in [4.69, 9.17) is 0 Å². The van der Waals surface area contributed by atoms with Crippen LogP contribution in [0.4, 0.5) is 0 Å². The molecule has 1 aliphatic rings. The van der Waals surface area contributed by atoms with Gasteiger partial charge in [0.25, 0.3) is 0 Å². The van der Waals surface area contributed by atoms with Crippen LogP contribution in [-0.4, -0.2) is 11.9 Å². The van der Waals surface area contributed by atoms with Crippen LogP contribution in [0.2, 0.25) is 0 Å². The highest BCUT2D eigenvalue weighted by Gasteiger charge is 2.31. The Balaban J connectivity index is 2.67. The van der Waals surface area contributed by atoms with Gasteiger partial charge in [0, 0.05) is 4.88 Å². The van der Waals surface area contributed by atoms with E-state index in [1.165, 1.54) is 11.3 Å². The Hall–Kier alpha value is -1.16. The summed E-state index contributed by atoms with van der Waals surface area (Å²) in [5.74, 6) is -1.03. The number of cyclic esters (lactones) is 2. The van der Waals surface area contributed by atoms with Crippen molar-refractivity contribution in [3.8, 4) is 0 Å². The molecule has 56 valence electrons. The van der Waals surface area contributed by atoms with Crippen molar-refractivity contribution in [3.05, 3.63) is 21.4 Å². The molecule has 0 saturated heterocycles. The first-order chi connectivity index (χ1) is 5.18. The molecule has 1 aromatic rings. The standard InChI is InChI=1S/C7H4O3S/c1-3-2-4-5(11-3)7(9)10-6(4)8/h2H,1H3. The zero-order valence-electron chi connectivity index (χ0n) is 5.71. The second kappa shape index (κ2) is 1.92. The van der Waals surface area contributed by atoms with Crippen molar-refractivity contribution in [1.82, 2.24) is 0 Å². The average Bonchev–Trinajstić information content (AvgIpc) is 2.38. The Morgan fingerprint density at radius 2 is 2.09 bits per heavy atom. The molecule has 0 atom stereocenters. The minimum Gasteiger partial charge on any atom is -0.385 e. The van der Waals surface area contributed by atoms with Crippen molar-refractivity contribution in [1.29, 1.82) is 0 Å². The fourth-order valence-electron chi connectivity index (χ4n) is 1.00. The maximum atomic E-state index is 10.9. The Bertz CT molecular complexity index is 319. The molecule has 0 fully saturated rings. The number of fused-ring (bicyclic) bond motifs is 1. The van der Waals surface area contributed by atoms with Gasteiger partial charge in [-0.2, -0.15) is 0 Å². The number of carbonyl (C=O) groups is 2. The number of ether oxygens (including phenoxy) is 1. The first kappa shape index (κ1) is 6.54. The summed E-state index contributed by atoms with van der Waals surface area (Å²) < 4.78 is 4.36. The molecule has 0 radical (unpaired) electrons. The van der Waals surface area contributed by atoms with E-state index in [9.17, 15) is 9.59 Å². The van der Waals surface area contributed by atoms with Crippen LogP contribution in [-0.2, 0) is 4.74 Å². The van der Waals surface area contributed by atoms with Crippen molar-refractivity contribution in [2.24, 2.45) is 0 Å². The number of aryl methyl sites for hydroxylation is 1. The van der Waals surface area contributed by atoms with Gasteiger partial charge in [-0.1, -0.05) is 0 Å². The van der Waals surface area contributed by atoms with Crippen LogP contribution >= 0.6 is 11.3 Å². The number of rotatable bonds is 0. The molecule has 2 rings (SSSR count). The summed E-state index contributed by atoms with van der Waals surface area (Å²) in [6.45, 7) is 1.85. The normalized spacial score (nSPS) is 15.0. The summed E-state index contributed by atoms with van der Waals surface area (Å²) >= 11 is 1.29. The van der Waals surface area contributed by atoms with Crippen LogP contribution in [0.15, 0.2) is 6.07 Å². The lowest BCUT2D eigenvalue weighted by Gasteiger charge is -1.85. The summed E-state index contributed by atoms with van der Waals surface area (Å²) in [7, 11) is 0. The number of hydrogen-bond donors (Lipinski definition) is 0. The van der Waals surface area contributed by atoms with E-state index >= 15 is 0 Å². The van der Waals surface area contributed by atoms with E-state index < -0.39 is 11.9 Å². The van der Waals surface area contributed by atoms with Crippen molar-refractivity contribution >= 4 is 23.3 Å². The molecule has 0 aliphatic carbocycles. The first-order valence-electron chi connectivity index (χ1n) is 3.05. The fourth-order valence-corrected chi connectivity index (χ4v) is 1.88. The Kier molecular flexibility index (Phi) is 1.14. The molecule has 0 N–H and O–H groups in total. The van der Waals surface area contributed by atoms with E-state index in [0.717, 1.165) is 4.88 Å². The smallest absolute Gasteiger partial charge is 0.357 e. The van der Waals surface area contributed by atoms with Crippen molar-refractivity contribution in [2.75, 3.05) is 0 Å². The summed E-state index contributed by atoms with van der Waals surface area (Å²) in [4.78, 5) is 23.1. The van der Waals surface area contributed by atoms with E-state index in [1.54, 1.807) is 6.07 Å². The number of hydrogen-bond acceptors (Lipinski definition) is 4. The molecule has 0 bridgehead atoms. The lowest BCUT2D eigenvalue weighted by molar-refractivity contribution is 0.0445. The van der Waals surface area contributed by atoms with Gasteiger partial charge in [-0.15, -0.1) is 11.3 Å². The molecule has 2 heterocycles. The predicted octanol–water partition coefficient (Wildman–Crippen LogP) is 1.37. The third kappa shape index (κ3) is 0.793. The minimum absolute atomic E-state index is 0.414. The molecule has 4 heteroatoms. The van der Waals surface area contributed by atoms with Gasteiger partial charge < -0.3 is 4.74 Å². The largest absolute Gasteiger partial charge is 0.385 e. The summed E-state index contributed by atoms with van der Waals surface area (Å²) in [6.07, 6.45) is 0. The summed E-state index contributed by atoms with van der Waals surface area (Å²) in [6, 6.07) is 1.67. The maximum absolute atomic E-state index is 10.9. The van der Waals surface area contributed by atoms with Gasteiger partial charge in [0.05, 0.1) is 5.56 Å². The molecule has 11 heavy (non-hydrogen) atoms. The zero-order valence-corrected chi connectivity index (χ0v) is 6.53. The molecule has 3 nitrogen and oxygen atoms in total. The Morgan fingerprint density at radius 1 is 1.36 bits per heavy atom. The second-order valence-electron chi connectivity index (χ2n) is 2.28. The lowest BCUT2D eigenvalue weighted by atomic mass is 10.3. The topological polar surface area (TPSA) is 43.4 Å². The number of carbonyl (C=O) groups excluding carboxylic acids is 2. The molecule has 1 aliphatic heterocycles. The molecule has 0 unspecified atom stereocenters. The van der Waals surface area contributed by atoms with Crippen LogP contribution in [0.5, 0.6) is 0 Å². The van der Waals surface area contributed by atoms with Gasteiger partial charge >= 0.3 is 11.9 Å². The van der Waals surface area contributed by atoms with Gasteiger partial charge in [0.1, 0.15) is 4.88 Å². The predicted molar refractivity (Wildman–Crippen MR) is 38.8 cm³/mol. The van der Waals surface area contributed by atoms with E-state index in [2.05, 4.69) is 4.74 Å². The van der Waals surface area contributed by atoms with Gasteiger partial charge in [-0.3, -0.25) is 0 Å². The van der Waals surface area contributed by atoms with Crippen LogP contribution in [0.1, 0.15) is 24.9 Å². The molecule has 1 aromatic heterocycles. The summed E-state index contributed by atoms with van der Waals surface area (Å²) in [5, 5.41) is 0. The zero-order chi connectivity index (χ0) is 8.01. The SMILES string of the molecule is Cc1cc2c(s1)C(=O)OC2=O. The number of thiophene rings is 1. The third-order valence-electron chi connectivity index (χ3n) is 1.45. The Morgan fingerprint density at radius 3 is 2.73 bits per heavy atom. The highest BCUT2D eigenvalue weighted by Crippen LogP contribution is 2.28. The second-order valence-corrected chi connectivity index (χ2v) is 3.53. The molecule has 0 amide bonds. The molecular formula is C7H4O3S. The van der Waals surface area contributed by atoms with Gasteiger partial charge in [-0.25, -0.2) is 9.59 Å². The minimum atomic E-state index is -0.519. The molecule has 0 aromatic carbocycles. The monoisotopic (exact) mass is 168 g/mol. The van der Waals surface area contributed by atoms with Crippen LogP contribution in [0.3, 0.4) is 0 Å². The summed E-state index contributed by atoms with van der Waals surface area (Å²) in [5.41, 5.74) is 0.414.